The Balaban J connectivity index is 1.67. The molecule has 1 heterocycles. The molecule has 21 heavy (non-hydrogen) atoms. The second-order valence-electron chi connectivity index (χ2n) is 5.11. The van der Waals surface area contributed by atoms with Gasteiger partial charge >= 0.3 is 0 Å². The predicted octanol–water partition coefficient (Wildman–Crippen LogP) is 2.44. The molecule has 0 amide bonds. The number of rotatable bonds is 8. The molecular formula is C17H23N3O. The number of pyridine rings is 1. The standard InChI is InChI=1S/C17H23N3O/c1-20(14-16-7-2-3-9-19-16)10-5-11-21-17-8-4-6-15(12-17)13-18/h2-4,6-9,12H,5,10-11,13-14,18H2,1H3. The minimum absolute atomic E-state index is 0.546. The molecular weight excluding hydrogens is 262 g/mol. The van der Waals surface area contributed by atoms with Gasteiger partial charge in [-0.1, -0.05) is 18.2 Å². The molecule has 2 rings (SSSR count). The lowest BCUT2D eigenvalue weighted by atomic mass is 10.2. The molecule has 0 atom stereocenters. The van der Waals surface area contributed by atoms with Crippen LogP contribution in [0.15, 0.2) is 48.7 Å². The summed E-state index contributed by atoms with van der Waals surface area (Å²) in [5.74, 6) is 0.894. The SMILES string of the molecule is CN(CCCOc1cccc(CN)c1)Cc1ccccn1. The van der Waals surface area contributed by atoms with Gasteiger partial charge in [-0.2, -0.15) is 0 Å². The second kappa shape index (κ2) is 8.39. The number of aromatic nitrogens is 1. The monoisotopic (exact) mass is 285 g/mol. The van der Waals surface area contributed by atoms with E-state index < -0.39 is 0 Å². The highest BCUT2D eigenvalue weighted by Crippen LogP contribution is 2.13. The first-order valence-electron chi connectivity index (χ1n) is 7.28. The summed E-state index contributed by atoms with van der Waals surface area (Å²) in [5, 5.41) is 0. The van der Waals surface area contributed by atoms with Crippen molar-refractivity contribution in [3.8, 4) is 5.75 Å². The Kier molecular flexibility index (Phi) is 6.19. The van der Waals surface area contributed by atoms with Crippen LogP contribution in [0.1, 0.15) is 17.7 Å². The van der Waals surface area contributed by atoms with Crippen molar-refractivity contribution in [2.75, 3.05) is 20.2 Å². The Morgan fingerprint density at radius 3 is 2.86 bits per heavy atom. The van der Waals surface area contributed by atoms with Crippen molar-refractivity contribution in [3.05, 3.63) is 59.9 Å². The van der Waals surface area contributed by atoms with Crippen LogP contribution < -0.4 is 10.5 Å². The quantitative estimate of drug-likeness (QED) is 0.757. The molecule has 2 aromatic rings. The van der Waals surface area contributed by atoms with E-state index in [2.05, 4.69) is 16.9 Å². The highest BCUT2D eigenvalue weighted by molar-refractivity contribution is 5.28. The van der Waals surface area contributed by atoms with E-state index in [1.54, 1.807) is 0 Å². The van der Waals surface area contributed by atoms with Gasteiger partial charge in [0.1, 0.15) is 5.75 Å². The number of nitrogens with two attached hydrogens (primary N) is 1. The zero-order valence-electron chi connectivity index (χ0n) is 12.5. The van der Waals surface area contributed by atoms with Gasteiger partial charge in [0.15, 0.2) is 0 Å². The van der Waals surface area contributed by atoms with Crippen molar-refractivity contribution < 1.29 is 4.74 Å². The molecule has 0 radical (unpaired) electrons. The van der Waals surface area contributed by atoms with Crippen LogP contribution in [-0.2, 0) is 13.1 Å². The van der Waals surface area contributed by atoms with E-state index >= 15 is 0 Å². The Labute approximate surface area is 126 Å². The molecule has 1 aromatic heterocycles. The average molecular weight is 285 g/mol. The first kappa shape index (κ1) is 15.5. The zero-order chi connectivity index (χ0) is 14.9. The van der Waals surface area contributed by atoms with Gasteiger partial charge in [0.2, 0.25) is 0 Å². The van der Waals surface area contributed by atoms with Crippen LogP contribution in [0.4, 0.5) is 0 Å². The Morgan fingerprint density at radius 2 is 2.10 bits per heavy atom. The van der Waals surface area contributed by atoms with Gasteiger partial charge in [0, 0.05) is 25.8 Å². The first-order chi connectivity index (χ1) is 10.3. The molecule has 0 bridgehead atoms. The lowest BCUT2D eigenvalue weighted by molar-refractivity contribution is 0.257. The maximum absolute atomic E-state index is 5.75. The molecule has 2 N–H and O–H groups in total. The Bertz CT molecular complexity index is 531. The summed E-state index contributed by atoms with van der Waals surface area (Å²) in [7, 11) is 2.10. The van der Waals surface area contributed by atoms with Gasteiger partial charge in [-0.25, -0.2) is 0 Å². The van der Waals surface area contributed by atoms with Crippen molar-refractivity contribution in [1.29, 1.82) is 0 Å². The minimum atomic E-state index is 0.546. The van der Waals surface area contributed by atoms with E-state index in [4.69, 9.17) is 10.5 Å². The molecule has 0 spiro atoms. The van der Waals surface area contributed by atoms with Gasteiger partial charge in [-0.05, 0) is 43.3 Å². The summed E-state index contributed by atoms with van der Waals surface area (Å²) in [6.45, 7) is 3.10. The van der Waals surface area contributed by atoms with E-state index in [9.17, 15) is 0 Å². The molecule has 4 heteroatoms. The van der Waals surface area contributed by atoms with Crippen molar-refractivity contribution >= 4 is 0 Å². The van der Waals surface area contributed by atoms with E-state index in [1.807, 2.05) is 48.7 Å². The fourth-order valence-electron chi connectivity index (χ4n) is 2.13. The minimum Gasteiger partial charge on any atom is -0.494 e. The molecule has 0 saturated carbocycles. The van der Waals surface area contributed by atoms with Crippen LogP contribution >= 0.6 is 0 Å². The zero-order valence-corrected chi connectivity index (χ0v) is 12.5. The molecule has 4 nitrogen and oxygen atoms in total. The van der Waals surface area contributed by atoms with Crippen molar-refractivity contribution in [2.45, 2.75) is 19.5 Å². The molecule has 112 valence electrons. The van der Waals surface area contributed by atoms with E-state index in [0.717, 1.165) is 36.5 Å². The van der Waals surface area contributed by atoms with Crippen LogP contribution in [-0.4, -0.2) is 30.1 Å². The highest BCUT2D eigenvalue weighted by Gasteiger charge is 2.01. The third-order valence-electron chi connectivity index (χ3n) is 3.25. The smallest absolute Gasteiger partial charge is 0.119 e. The summed E-state index contributed by atoms with van der Waals surface area (Å²) in [6, 6.07) is 14.0. The lowest BCUT2D eigenvalue weighted by Gasteiger charge is -2.16. The third-order valence-corrected chi connectivity index (χ3v) is 3.25. The number of nitrogens with zero attached hydrogens (tertiary/aromatic N) is 2. The molecule has 0 aliphatic rings. The molecule has 0 fully saturated rings. The van der Waals surface area contributed by atoms with Gasteiger partial charge in [0.05, 0.1) is 12.3 Å². The topological polar surface area (TPSA) is 51.4 Å². The van der Waals surface area contributed by atoms with Crippen LogP contribution in [0.3, 0.4) is 0 Å². The molecule has 0 saturated heterocycles. The number of ether oxygens (including phenoxy) is 1. The number of hydrogen-bond donors (Lipinski definition) is 1. The van der Waals surface area contributed by atoms with Crippen LogP contribution in [0, 0.1) is 0 Å². The van der Waals surface area contributed by atoms with E-state index in [1.165, 1.54) is 0 Å². The second-order valence-corrected chi connectivity index (χ2v) is 5.11. The van der Waals surface area contributed by atoms with Gasteiger partial charge in [0.25, 0.3) is 0 Å². The lowest BCUT2D eigenvalue weighted by Crippen LogP contribution is -2.21. The third kappa shape index (κ3) is 5.53. The van der Waals surface area contributed by atoms with Gasteiger partial charge in [-0.3, -0.25) is 4.98 Å². The predicted molar refractivity (Wildman–Crippen MR) is 85.0 cm³/mol. The fourth-order valence-corrected chi connectivity index (χ4v) is 2.13. The largest absolute Gasteiger partial charge is 0.494 e. The van der Waals surface area contributed by atoms with Crippen molar-refractivity contribution in [1.82, 2.24) is 9.88 Å². The average Bonchev–Trinajstić information content (AvgIpc) is 2.53. The molecule has 0 aliphatic heterocycles. The van der Waals surface area contributed by atoms with E-state index in [-0.39, 0.29) is 0 Å². The summed E-state index contributed by atoms with van der Waals surface area (Å²) in [5.41, 5.74) is 7.81. The summed E-state index contributed by atoms with van der Waals surface area (Å²) in [6.07, 6.45) is 2.81. The Hall–Kier alpha value is -1.91. The maximum Gasteiger partial charge on any atom is 0.119 e. The van der Waals surface area contributed by atoms with Gasteiger partial charge < -0.3 is 15.4 Å². The van der Waals surface area contributed by atoms with Crippen LogP contribution in [0.5, 0.6) is 5.75 Å². The fraction of sp³-hybridized carbons (Fsp3) is 0.353. The van der Waals surface area contributed by atoms with E-state index in [0.29, 0.717) is 13.2 Å². The summed E-state index contributed by atoms with van der Waals surface area (Å²) < 4.78 is 5.75. The first-order valence-corrected chi connectivity index (χ1v) is 7.28. The van der Waals surface area contributed by atoms with Gasteiger partial charge in [-0.15, -0.1) is 0 Å². The molecule has 0 aliphatic carbocycles. The summed E-state index contributed by atoms with van der Waals surface area (Å²) >= 11 is 0. The normalized spacial score (nSPS) is 10.8. The number of benzene rings is 1. The van der Waals surface area contributed by atoms with Crippen LogP contribution in [0.2, 0.25) is 0 Å². The van der Waals surface area contributed by atoms with Crippen molar-refractivity contribution in [3.63, 3.8) is 0 Å². The number of hydrogen-bond acceptors (Lipinski definition) is 4. The molecule has 0 unspecified atom stereocenters. The Morgan fingerprint density at radius 1 is 1.19 bits per heavy atom. The summed E-state index contributed by atoms with van der Waals surface area (Å²) in [4.78, 5) is 6.58. The highest BCUT2D eigenvalue weighted by atomic mass is 16.5. The van der Waals surface area contributed by atoms with Crippen LogP contribution in [0.25, 0.3) is 0 Å². The van der Waals surface area contributed by atoms with Crippen molar-refractivity contribution in [2.24, 2.45) is 5.73 Å². The maximum atomic E-state index is 5.75. The molecule has 1 aromatic carbocycles.